The summed E-state index contributed by atoms with van der Waals surface area (Å²) in [6.45, 7) is 4.28. The Morgan fingerprint density at radius 3 is 2.74 bits per heavy atom. The summed E-state index contributed by atoms with van der Waals surface area (Å²) in [5.41, 5.74) is 5.11. The monoisotopic (exact) mass is 330 g/mol. The Labute approximate surface area is 140 Å². The first-order chi connectivity index (χ1) is 11.3. The van der Waals surface area contributed by atoms with Gasteiger partial charge in [-0.25, -0.2) is 0 Å². The van der Waals surface area contributed by atoms with Crippen molar-refractivity contribution in [2.24, 2.45) is 0 Å². The van der Waals surface area contributed by atoms with Gasteiger partial charge in [0.05, 0.1) is 18.9 Å². The molecule has 2 aromatic rings. The largest absolute Gasteiger partial charge is 0.379 e. The Kier molecular flexibility index (Phi) is 4.33. The van der Waals surface area contributed by atoms with E-state index in [1.165, 1.54) is 41.7 Å². The predicted octanol–water partition coefficient (Wildman–Crippen LogP) is 2.81. The van der Waals surface area contributed by atoms with Gasteiger partial charge in [0.15, 0.2) is 0 Å². The number of aryl methyl sites for hydroxylation is 2. The maximum atomic E-state index is 11.9. The minimum absolute atomic E-state index is 0.0426. The molecule has 0 radical (unpaired) electrons. The first-order valence-corrected chi connectivity index (χ1v) is 9.25. The molecule has 1 fully saturated rings. The summed E-state index contributed by atoms with van der Waals surface area (Å²) in [6, 6.07) is 6.71. The van der Waals surface area contributed by atoms with Gasteiger partial charge in [-0.3, -0.25) is 9.69 Å². The van der Waals surface area contributed by atoms with Crippen molar-refractivity contribution < 1.29 is 4.74 Å². The lowest BCUT2D eigenvalue weighted by Crippen LogP contribution is -2.35. The second-order valence-corrected chi connectivity index (χ2v) is 7.46. The molecule has 0 saturated carbocycles. The zero-order valence-electron chi connectivity index (χ0n) is 13.3. The molecule has 0 spiro atoms. The fraction of sp³-hybridized carbons (Fsp3) is 0.500. The zero-order chi connectivity index (χ0) is 15.6. The van der Waals surface area contributed by atoms with Crippen LogP contribution in [-0.4, -0.2) is 36.2 Å². The molecule has 1 aliphatic carbocycles. The van der Waals surface area contributed by atoms with E-state index < -0.39 is 0 Å². The normalized spacial score (nSPS) is 18.8. The van der Waals surface area contributed by atoms with Crippen molar-refractivity contribution in [2.45, 2.75) is 32.2 Å². The van der Waals surface area contributed by atoms with Crippen LogP contribution in [-0.2, 0) is 24.1 Å². The van der Waals surface area contributed by atoms with Crippen molar-refractivity contribution in [1.29, 1.82) is 0 Å². The second-order valence-electron chi connectivity index (χ2n) is 6.39. The van der Waals surface area contributed by atoms with E-state index in [2.05, 4.69) is 28.1 Å². The fourth-order valence-electron chi connectivity index (χ4n) is 3.56. The number of ether oxygens (including phenoxy) is 1. The van der Waals surface area contributed by atoms with E-state index in [1.54, 1.807) is 0 Å². The molecule has 5 heteroatoms. The van der Waals surface area contributed by atoms with Crippen molar-refractivity contribution in [1.82, 2.24) is 9.88 Å². The number of aromatic amines is 1. The summed E-state index contributed by atoms with van der Waals surface area (Å²) in [4.78, 5) is 18.6. The van der Waals surface area contributed by atoms with Crippen LogP contribution in [0.5, 0.6) is 0 Å². The molecule has 0 bridgehead atoms. The molecule has 4 rings (SSSR count). The molecule has 0 amide bonds. The molecule has 1 aromatic carbocycles. The number of hydrogen-bond donors (Lipinski definition) is 1. The third-order valence-electron chi connectivity index (χ3n) is 4.83. The third-order valence-corrected chi connectivity index (χ3v) is 5.70. The minimum atomic E-state index is 0.0426. The highest BCUT2D eigenvalue weighted by molar-refractivity contribution is 7.09. The number of nitrogens with one attached hydrogen (secondary N) is 1. The summed E-state index contributed by atoms with van der Waals surface area (Å²) in [6.07, 6.45) is 4.92. The molecule has 2 heterocycles. The van der Waals surface area contributed by atoms with Crippen molar-refractivity contribution in [2.75, 3.05) is 26.3 Å². The number of nitrogens with zero attached hydrogens (tertiary/aromatic N) is 1. The molecule has 4 nitrogen and oxygen atoms in total. The smallest absolute Gasteiger partial charge is 0.305 e. The van der Waals surface area contributed by atoms with Gasteiger partial charge in [-0.1, -0.05) is 23.5 Å². The molecule has 1 N–H and O–H groups in total. The summed E-state index contributed by atoms with van der Waals surface area (Å²) in [5, 5.41) is 0. The van der Waals surface area contributed by atoms with Crippen LogP contribution in [0.15, 0.2) is 23.0 Å². The van der Waals surface area contributed by atoms with Gasteiger partial charge in [0.1, 0.15) is 0 Å². The Morgan fingerprint density at radius 1 is 1.13 bits per heavy atom. The Bertz CT molecular complexity index is 744. The maximum Gasteiger partial charge on any atom is 0.305 e. The fourth-order valence-corrected chi connectivity index (χ4v) is 4.45. The molecule has 0 atom stereocenters. The van der Waals surface area contributed by atoms with E-state index in [4.69, 9.17) is 4.74 Å². The van der Waals surface area contributed by atoms with E-state index in [0.29, 0.717) is 0 Å². The van der Waals surface area contributed by atoms with Crippen LogP contribution in [0.1, 0.15) is 28.8 Å². The van der Waals surface area contributed by atoms with Crippen LogP contribution < -0.4 is 4.87 Å². The van der Waals surface area contributed by atoms with Crippen LogP contribution in [0, 0.1) is 0 Å². The second kappa shape index (κ2) is 6.59. The highest BCUT2D eigenvalue weighted by atomic mass is 32.1. The number of fused-ring (bicyclic) bond motifs is 1. The van der Waals surface area contributed by atoms with Gasteiger partial charge in [0.2, 0.25) is 0 Å². The lowest BCUT2D eigenvalue weighted by molar-refractivity contribution is 0.0347. The Balaban J connectivity index is 1.64. The van der Waals surface area contributed by atoms with E-state index in [0.717, 1.165) is 55.4 Å². The van der Waals surface area contributed by atoms with Crippen molar-refractivity contribution >= 4 is 11.3 Å². The first-order valence-electron chi connectivity index (χ1n) is 8.44. The molecular weight excluding hydrogens is 308 g/mol. The average molecular weight is 330 g/mol. The summed E-state index contributed by atoms with van der Waals surface area (Å²) < 4.78 is 5.41. The van der Waals surface area contributed by atoms with Crippen LogP contribution in [0.2, 0.25) is 0 Å². The van der Waals surface area contributed by atoms with Gasteiger partial charge < -0.3 is 9.72 Å². The average Bonchev–Trinajstić information content (AvgIpc) is 2.96. The number of H-pyrrole nitrogens is 1. The summed E-state index contributed by atoms with van der Waals surface area (Å²) >= 11 is 1.35. The number of thiazole rings is 1. The van der Waals surface area contributed by atoms with Crippen LogP contribution in [0.3, 0.4) is 0 Å². The van der Waals surface area contributed by atoms with Crippen molar-refractivity contribution in [3.8, 4) is 11.3 Å². The van der Waals surface area contributed by atoms with E-state index in [9.17, 15) is 4.79 Å². The maximum absolute atomic E-state index is 11.9. The van der Waals surface area contributed by atoms with Crippen molar-refractivity contribution in [3.05, 3.63) is 43.9 Å². The number of benzene rings is 1. The third kappa shape index (κ3) is 3.27. The van der Waals surface area contributed by atoms with E-state index in [1.807, 2.05) is 0 Å². The molecule has 122 valence electrons. The Morgan fingerprint density at radius 2 is 1.91 bits per heavy atom. The molecular formula is C18H22N2O2S. The topological polar surface area (TPSA) is 45.3 Å². The molecule has 0 unspecified atom stereocenters. The van der Waals surface area contributed by atoms with Crippen LogP contribution >= 0.6 is 11.3 Å². The van der Waals surface area contributed by atoms with Gasteiger partial charge in [-0.05, 0) is 48.4 Å². The zero-order valence-corrected chi connectivity index (χ0v) is 14.1. The predicted molar refractivity (Wildman–Crippen MR) is 93.1 cm³/mol. The van der Waals surface area contributed by atoms with Gasteiger partial charge in [0, 0.05) is 24.5 Å². The first kappa shape index (κ1) is 15.1. The summed E-state index contributed by atoms with van der Waals surface area (Å²) in [5.74, 6) is 0. The standard InChI is InChI=1S/C18H22N2O2S/c21-18-19-17(16(23-18)12-20-7-9-22-10-8-20)15-6-5-13-3-1-2-4-14(13)11-15/h5-6,11H,1-4,7-10,12H2,(H,19,21). The quantitative estimate of drug-likeness (QED) is 0.941. The van der Waals surface area contributed by atoms with E-state index >= 15 is 0 Å². The molecule has 23 heavy (non-hydrogen) atoms. The van der Waals surface area contributed by atoms with Gasteiger partial charge in [-0.15, -0.1) is 0 Å². The van der Waals surface area contributed by atoms with Gasteiger partial charge in [0.25, 0.3) is 0 Å². The molecule has 1 saturated heterocycles. The lowest BCUT2D eigenvalue weighted by Gasteiger charge is -2.26. The summed E-state index contributed by atoms with van der Waals surface area (Å²) in [7, 11) is 0. The molecule has 1 aromatic heterocycles. The van der Waals surface area contributed by atoms with Gasteiger partial charge in [-0.2, -0.15) is 0 Å². The number of rotatable bonds is 3. The Hall–Kier alpha value is -1.43. The highest BCUT2D eigenvalue weighted by Crippen LogP contribution is 2.29. The van der Waals surface area contributed by atoms with Crippen LogP contribution in [0.25, 0.3) is 11.3 Å². The number of morpholine rings is 1. The number of aromatic nitrogens is 1. The van der Waals surface area contributed by atoms with Crippen LogP contribution in [0.4, 0.5) is 0 Å². The molecule has 2 aliphatic rings. The number of hydrogen-bond acceptors (Lipinski definition) is 4. The van der Waals surface area contributed by atoms with E-state index in [-0.39, 0.29) is 4.87 Å². The van der Waals surface area contributed by atoms with Gasteiger partial charge >= 0.3 is 4.87 Å². The highest BCUT2D eigenvalue weighted by Gasteiger charge is 2.18. The van der Waals surface area contributed by atoms with Crippen molar-refractivity contribution in [3.63, 3.8) is 0 Å². The lowest BCUT2D eigenvalue weighted by atomic mass is 9.90. The molecule has 1 aliphatic heterocycles. The SMILES string of the molecule is O=c1[nH]c(-c2ccc3c(c2)CCCC3)c(CN2CCOCC2)s1. The minimum Gasteiger partial charge on any atom is -0.379 e.